The number of thioether (sulfide) groups is 1. The Labute approximate surface area is 117 Å². The lowest BCUT2D eigenvalue weighted by Gasteiger charge is -2.19. The van der Waals surface area contributed by atoms with E-state index in [1.807, 2.05) is 30.3 Å². The van der Waals surface area contributed by atoms with E-state index in [-0.39, 0.29) is 12.4 Å². The standard InChI is InChI=1S/C14H18O4S/c1-14(2)17-9-11(18-14)12(15)13(16-3)19-10-7-5-4-6-8-10/h4-8,11,13H,9H2,1-3H3/t11-,13?/m0/s1. The summed E-state index contributed by atoms with van der Waals surface area (Å²) in [6.07, 6.45) is -0.559. The Kier molecular flexibility index (Phi) is 4.62. The van der Waals surface area contributed by atoms with Crippen LogP contribution in [0.25, 0.3) is 0 Å². The minimum atomic E-state index is -0.698. The Morgan fingerprint density at radius 3 is 2.63 bits per heavy atom. The molecule has 0 amide bonds. The van der Waals surface area contributed by atoms with Gasteiger partial charge in [-0.3, -0.25) is 4.79 Å². The fourth-order valence-electron chi connectivity index (χ4n) is 1.82. The van der Waals surface area contributed by atoms with Crippen LogP contribution in [0.15, 0.2) is 35.2 Å². The smallest absolute Gasteiger partial charge is 0.203 e. The van der Waals surface area contributed by atoms with E-state index in [0.717, 1.165) is 4.90 Å². The molecule has 104 valence electrons. The molecule has 0 N–H and O–H groups in total. The molecule has 0 aromatic heterocycles. The molecule has 4 nitrogen and oxygen atoms in total. The summed E-state index contributed by atoms with van der Waals surface area (Å²) < 4.78 is 16.3. The zero-order valence-corrected chi connectivity index (χ0v) is 12.1. The van der Waals surface area contributed by atoms with Crippen molar-refractivity contribution in [3.8, 4) is 0 Å². The summed E-state index contributed by atoms with van der Waals surface area (Å²) in [5.41, 5.74) is -0.579. The molecule has 1 aromatic carbocycles. The van der Waals surface area contributed by atoms with Crippen LogP contribution < -0.4 is 0 Å². The fraction of sp³-hybridized carbons (Fsp3) is 0.500. The second kappa shape index (κ2) is 6.05. The summed E-state index contributed by atoms with van der Waals surface area (Å²) in [6, 6.07) is 9.68. The van der Waals surface area contributed by atoms with Crippen molar-refractivity contribution in [1.29, 1.82) is 0 Å². The lowest BCUT2D eigenvalue weighted by Crippen LogP contribution is -2.34. The number of benzene rings is 1. The molecule has 1 aliphatic heterocycles. The fourth-order valence-corrected chi connectivity index (χ4v) is 2.75. The number of ether oxygens (including phenoxy) is 3. The van der Waals surface area contributed by atoms with Crippen LogP contribution in [0, 0.1) is 0 Å². The molecule has 0 radical (unpaired) electrons. The van der Waals surface area contributed by atoms with Gasteiger partial charge in [-0.2, -0.15) is 0 Å². The number of carbonyl (C=O) groups excluding carboxylic acids is 1. The van der Waals surface area contributed by atoms with E-state index in [0.29, 0.717) is 0 Å². The molecule has 1 unspecified atom stereocenters. The Morgan fingerprint density at radius 2 is 2.11 bits per heavy atom. The Hall–Kier alpha value is -0.880. The Morgan fingerprint density at radius 1 is 1.42 bits per heavy atom. The topological polar surface area (TPSA) is 44.8 Å². The number of rotatable bonds is 5. The van der Waals surface area contributed by atoms with E-state index in [9.17, 15) is 4.79 Å². The normalized spacial score (nSPS) is 23.2. The Bertz CT molecular complexity index is 432. The maximum Gasteiger partial charge on any atom is 0.203 e. The van der Waals surface area contributed by atoms with Crippen LogP contribution >= 0.6 is 11.8 Å². The van der Waals surface area contributed by atoms with Crippen LogP contribution in [0.2, 0.25) is 0 Å². The highest BCUT2D eigenvalue weighted by Gasteiger charge is 2.40. The average molecular weight is 282 g/mol. The molecule has 1 aliphatic rings. The molecule has 1 fully saturated rings. The van der Waals surface area contributed by atoms with Gasteiger partial charge in [-0.05, 0) is 26.0 Å². The van der Waals surface area contributed by atoms with Gasteiger partial charge in [-0.1, -0.05) is 30.0 Å². The monoisotopic (exact) mass is 282 g/mol. The summed E-state index contributed by atoms with van der Waals surface area (Å²) in [6.45, 7) is 3.87. The Balaban J connectivity index is 2.00. The zero-order valence-electron chi connectivity index (χ0n) is 11.3. The van der Waals surface area contributed by atoms with E-state index in [2.05, 4.69) is 0 Å². The maximum atomic E-state index is 12.3. The van der Waals surface area contributed by atoms with Gasteiger partial charge < -0.3 is 14.2 Å². The molecule has 1 saturated heterocycles. The van der Waals surface area contributed by atoms with E-state index in [4.69, 9.17) is 14.2 Å². The molecule has 2 rings (SSSR count). The van der Waals surface area contributed by atoms with Crippen molar-refractivity contribution in [2.75, 3.05) is 13.7 Å². The van der Waals surface area contributed by atoms with Gasteiger partial charge in [0.15, 0.2) is 11.2 Å². The van der Waals surface area contributed by atoms with Gasteiger partial charge in [0.05, 0.1) is 6.61 Å². The summed E-state index contributed by atoms with van der Waals surface area (Å²) in [5, 5.41) is 0. The van der Waals surface area contributed by atoms with Crippen molar-refractivity contribution in [2.45, 2.75) is 36.1 Å². The van der Waals surface area contributed by atoms with Gasteiger partial charge >= 0.3 is 0 Å². The first-order chi connectivity index (χ1) is 9.02. The largest absolute Gasteiger partial charge is 0.362 e. The maximum absolute atomic E-state index is 12.3. The van der Waals surface area contributed by atoms with Gasteiger partial charge in [0, 0.05) is 12.0 Å². The first-order valence-electron chi connectivity index (χ1n) is 6.12. The third-order valence-electron chi connectivity index (χ3n) is 2.76. The molecular formula is C14H18O4S. The predicted molar refractivity (Wildman–Crippen MR) is 73.0 cm³/mol. The number of hydrogen-bond acceptors (Lipinski definition) is 5. The van der Waals surface area contributed by atoms with Gasteiger partial charge in [-0.15, -0.1) is 0 Å². The second-order valence-corrected chi connectivity index (χ2v) is 5.85. The molecular weight excluding hydrogens is 264 g/mol. The van der Waals surface area contributed by atoms with Crippen molar-refractivity contribution in [3.05, 3.63) is 30.3 Å². The van der Waals surface area contributed by atoms with Crippen LogP contribution in [-0.4, -0.2) is 36.8 Å². The highest BCUT2D eigenvalue weighted by atomic mass is 32.2. The first-order valence-corrected chi connectivity index (χ1v) is 7.00. The quantitative estimate of drug-likeness (QED) is 0.613. The summed E-state index contributed by atoms with van der Waals surface area (Å²) >= 11 is 1.38. The lowest BCUT2D eigenvalue weighted by atomic mass is 10.2. The summed E-state index contributed by atoms with van der Waals surface area (Å²) in [7, 11) is 1.53. The van der Waals surface area contributed by atoms with E-state index in [1.54, 1.807) is 13.8 Å². The highest BCUT2D eigenvalue weighted by Crippen LogP contribution is 2.29. The average Bonchev–Trinajstić information content (AvgIpc) is 2.77. The molecule has 5 heteroatoms. The number of carbonyl (C=O) groups is 1. The first kappa shape index (κ1) is 14.5. The number of ketones is 1. The molecule has 1 aromatic rings. The van der Waals surface area contributed by atoms with Crippen LogP contribution in [-0.2, 0) is 19.0 Å². The lowest BCUT2D eigenvalue weighted by molar-refractivity contribution is -0.155. The molecule has 19 heavy (non-hydrogen) atoms. The van der Waals surface area contributed by atoms with Crippen LogP contribution in [0.1, 0.15) is 13.8 Å². The molecule has 0 bridgehead atoms. The van der Waals surface area contributed by atoms with Gasteiger partial charge in [0.25, 0.3) is 0 Å². The minimum absolute atomic E-state index is 0.0954. The third-order valence-corrected chi connectivity index (χ3v) is 3.94. The summed E-state index contributed by atoms with van der Waals surface area (Å²) in [5.74, 6) is -0.794. The van der Waals surface area contributed by atoms with E-state index >= 15 is 0 Å². The predicted octanol–water partition coefficient (Wildman–Crippen LogP) is 2.47. The number of Topliss-reactive ketones (excluding diaryl/α,β-unsaturated/α-hetero) is 1. The SMILES string of the molecule is COC(Sc1ccccc1)C(=O)[C@@H]1COC(C)(C)O1. The molecule has 2 atom stereocenters. The van der Waals surface area contributed by atoms with Crippen LogP contribution in [0.5, 0.6) is 0 Å². The highest BCUT2D eigenvalue weighted by molar-refractivity contribution is 8.00. The third kappa shape index (κ3) is 3.79. The van der Waals surface area contributed by atoms with Crippen molar-refractivity contribution < 1.29 is 19.0 Å². The molecule has 0 saturated carbocycles. The van der Waals surface area contributed by atoms with E-state index < -0.39 is 17.3 Å². The molecule has 1 heterocycles. The van der Waals surface area contributed by atoms with Gasteiger partial charge in [0.2, 0.25) is 5.78 Å². The zero-order chi connectivity index (χ0) is 13.9. The summed E-state index contributed by atoms with van der Waals surface area (Å²) in [4.78, 5) is 13.3. The van der Waals surface area contributed by atoms with Crippen molar-refractivity contribution >= 4 is 17.5 Å². The van der Waals surface area contributed by atoms with Crippen LogP contribution in [0.3, 0.4) is 0 Å². The number of hydrogen-bond donors (Lipinski definition) is 0. The van der Waals surface area contributed by atoms with Crippen molar-refractivity contribution in [3.63, 3.8) is 0 Å². The second-order valence-electron chi connectivity index (χ2n) is 4.72. The van der Waals surface area contributed by atoms with Gasteiger partial charge in [-0.25, -0.2) is 0 Å². The minimum Gasteiger partial charge on any atom is -0.362 e. The molecule has 0 spiro atoms. The molecule has 0 aliphatic carbocycles. The van der Waals surface area contributed by atoms with E-state index in [1.165, 1.54) is 18.9 Å². The van der Waals surface area contributed by atoms with Gasteiger partial charge in [0.1, 0.15) is 6.10 Å². The van der Waals surface area contributed by atoms with Crippen LogP contribution in [0.4, 0.5) is 0 Å². The van der Waals surface area contributed by atoms with Crippen molar-refractivity contribution in [1.82, 2.24) is 0 Å². The van der Waals surface area contributed by atoms with Crippen molar-refractivity contribution in [2.24, 2.45) is 0 Å². The number of methoxy groups -OCH3 is 1.